The Hall–Kier alpha value is -3.96. The molecule has 12 heteroatoms. The van der Waals surface area contributed by atoms with E-state index in [1.54, 1.807) is 36.5 Å². The molecule has 204 valence electrons. The number of thiocarbonyl (C=S) groups is 1. The highest BCUT2D eigenvalue weighted by molar-refractivity contribution is 7.80. The molecular formula is C28H22Cl2N4O5S. The second-order valence-electron chi connectivity index (χ2n) is 8.84. The minimum Gasteiger partial charge on any atom is -0.478 e. The number of carbonyl (C=O) groups excluding carboxylic acids is 1. The number of methoxy groups -OCH3 is 1. The molecule has 4 aromatic rings. The van der Waals surface area contributed by atoms with E-state index in [0.29, 0.717) is 43.6 Å². The quantitative estimate of drug-likeness (QED) is 0.207. The van der Waals surface area contributed by atoms with Crippen LogP contribution < -0.4 is 15.5 Å². The summed E-state index contributed by atoms with van der Waals surface area (Å²) < 4.78 is 11.2. The van der Waals surface area contributed by atoms with Gasteiger partial charge in [0.15, 0.2) is 5.11 Å². The zero-order valence-corrected chi connectivity index (χ0v) is 23.3. The third-order valence-electron chi connectivity index (χ3n) is 6.28. The van der Waals surface area contributed by atoms with Gasteiger partial charge in [-0.3, -0.25) is 9.78 Å². The van der Waals surface area contributed by atoms with Gasteiger partial charge in [-0.05, 0) is 72.9 Å². The van der Waals surface area contributed by atoms with Crippen molar-refractivity contribution in [1.29, 1.82) is 0 Å². The summed E-state index contributed by atoms with van der Waals surface area (Å²) in [6.45, 7) is -0.105. The van der Waals surface area contributed by atoms with E-state index in [1.165, 1.54) is 25.3 Å². The summed E-state index contributed by atoms with van der Waals surface area (Å²) in [5, 5.41) is 16.6. The Kier molecular flexibility index (Phi) is 8.04. The van der Waals surface area contributed by atoms with Crippen LogP contribution >= 0.6 is 35.4 Å². The smallest absolute Gasteiger partial charge is 0.335 e. The lowest BCUT2D eigenvalue weighted by Crippen LogP contribution is -2.29. The normalized spacial score (nSPS) is 16.6. The average molecular weight is 597 g/mol. The van der Waals surface area contributed by atoms with Gasteiger partial charge >= 0.3 is 5.97 Å². The number of aromatic nitrogens is 1. The minimum absolute atomic E-state index is 0.0846. The van der Waals surface area contributed by atoms with Crippen molar-refractivity contribution in [3.05, 3.63) is 100.0 Å². The molecule has 1 aliphatic heterocycles. The molecular weight excluding hydrogens is 575 g/mol. The lowest BCUT2D eigenvalue weighted by Gasteiger charge is -2.26. The molecule has 1 amide bonds. The Morgan fingerprint density at radius 2 is 1.95 bits per heavy atom. The molecule has 0 bridgehead atoms. The number of pyridine rings is 1. The number of nitrogens with zero attached hydrogens (tertiary/aromatic N) is 2. The summed E-state index contributed by atoms with van der Waals surface area (Å²) in [4.78, 5) is 29.9. The third-order valence-corrected chi connectivity index (χ3v) is 7.23. The number of halogens is 2. The number of carbonyl (C=O) groups is 2. The first kappa shape index (κ1) is 27.6. The largest absolute Gasteiger partial charge is 0.478 e. The molecule has 3 heterocycles. The van der Waals surface area contributed by atoms with E-state index in [1.807, 2.05) is 23.1 Å². The van der Waals surface area contributed by atoms with Crippen LogP contribution in [-0.4, -0.2) is 40.8 Å². The van der Waals surface area contributed by atoms with E-state index in [0.717, 1.165) is 5.69 Å². The van der Waals surface area contributed by atoms with Gasteiger partial charge < -0.3 is 29.8 Å². The lowest BCUT2D eigenvalue weighted by atomic mass is 10.0. The summed E-state index contributed by atoms with van der Waals surface area (Å²) in [7, 11) is 1.43. The van der Waals surface area contributed by atoms with Gasteiger partial charge in [0.2, 0.25) is 5.91 Å². The van der Waals surface area contributed by atoms with Gasteiger partial charge in [0.1, 0.15) is 24.2 Å². The first-order valence-electron chi connectivity index (χ1n) is 12.0. The van der Waals surface area contributed by atoms with Gasteiger partial charge in [0.05, 0.1) is 33.0 Å². The Morgan fingerprint density at radius 3 is 2.65 bits per heavy atom. The van der Waals surface area contributed by atoms with Gasteiger partial charge in [0, 0.05) is 24.6 Å². The molecule has 2 aromatic carbocycles. The molecule has 1 saturated heterocycles. The number of carboxylic acids is 1. The van der Waals surface area contributed by atoms with Gasteiger partial charge in [0.25, 0.3) is 0 Å². The number of benzene rings is 2. The summed E-state index contributed by atoms with van der Waals surface area (Å²) >= 11 is 18.7. The zero-order valence-electron chi connectivity index (χ0n) is 20.9. The summed E-state index contributed by atoms with van der Waals surface area (Å²) in [5.41, 5.74) is 2.34. The molecule has 0 saturated carbocycles. The molecule has 1 aliphatic rings. The van der Waals surface area contributed by atoms with Crippen molar-refractivity contribution in [3.8, 4) is 11.3 Å². The Bertz CT molecular complexity index is 1600. The maximum Gasteiger partial charge on any atom is 0.335 e. The number of rotatable bonds is 8. The predicted molar refractivity (Wildman–Crippen MR) is 156 cm³/mol. The molecule has 3 N–H and O–H groups in total. The lowest BCUT2D eigenvalue weighted by molar-refractivity contribution is -0.119. The van der Waals surface area contributed by atoms with E-state index in [-0.39, 0.29) is 18.1 Å². The molecule has 0 spiro atoms. The van der Waals surface area contributed by atoms with Crippen molar-refractivity contribution in [1.82, 2.24) is 10.3 Å². The van der Waals surface area contributed by atoms with Gasteiger partial charge in [-0.2, -0.15) is 0 Å². The number of nitrogens with one attached hydrogen (secondary N) is 2. The van der Waals surface area contributed by atoms with Crippen molar-refractivity contribution in [3.63, 3.8) is 0 Å². The van der Waals surface area contributed by atoms with Crippen LogP contribution in [0, 0.1) is 0 Å². The predicted octanol–water partition coefficient (Wildman–Crippen LogP) is 6.11. The van der Waals surface area contributed by atoms with Crippen molar-refractivity contribution in [2.75, 3.05) is 23.9 Å². The maximum absolute atomic E-state index is 12.0. The molecule has 2 atom stereocenters. The monoisotopic (exact) mass is 596 g/mol. The fourth-order valence-corrected chi connectivity index (χ4v) is 5.28. The second kappa shape index (κ2) is 11.6. The fraction of sp³-hybridized carbons (Fsp3) is 0.143. The van der Waals surface area contributed by atoms with Crippen molar-refractivity contribution in [2.24, 2.45) is 0 Å². The van der Waals surface area contributed by atoms with Crippen LogP contribution in [0.25, 0.3) is 11.3 Å². The van der Waals surface area contributed by atoms with E-state index in [4.69, 9.17) is 44.6 Å². The molecule has 40 heavy (non-hydrogen) atoms. The number of carboxylic acid groups (broad SMARTS) is 1. The highest BCUT2D eigenvalue weighted by Crippen LogP contribution is 2.44. The topological polar surface area (TPSA) is 117 Å². The standard InChI is InChI=1S/C28H22Cl2N4O5S/c1-38-14-24(35)32-20-8-6-16(13-19(20)30)34-26(25(33-28(34)40)21-4-2-3-11-31-21)23-10-9-22(39-23)17-12-15(27(36)37)5-7-18(17)29/h2-13,25-26H,14H2,1H3,(H,32,35)(H,33,40)(H,36,37)/t25-,26-/m1/s1. The summed E-state index contributed by atoms with van der Waals surface area (Å²) in [5.74, 6) is -0.481. The molecule has 0 radical (unpaired) electrons. The van der Waals surface area contributed by atoms with Crippen LogP contribution in [0.4, 0.5) is 11.4 Å². The number of hydrogen-bond acceptors (Lipinski definition) is 6. The van der Waals surface area contributed by atoms with Crippen LogP contribution in [0.15, 0.2) is 77.3 Å². The van der Waals surface area contributed by atoms with E-state index in [2.05, 4.69) is 15.6 Å². The number of amides is 1. The minimum atomic E-state index is -1.07. The van der Waals surface area contributed by atoms with Crippen LogP contribution in [0.5, 0.6) is 0 Å². The molecule has 0 unspecified atom stereocenters. The van der Waals surface area contributed by atoms with Crippen LogP contribution in [-0.2, 0) is 9.53 Å². The SMILES string of the molecule is COCC(=O)Nc1ccc(N2C(=S)N[C@H](c3ccccn3)[C@H]2c2ccc(-c3cc(C(=O)O)ccc3Cl)o2)cc1Cl. The highest BCUT2D eigenvalue weighted by Gasteiger charge is 2.42. The zero-order chi connectivity index (χ0) is 28.4. The average Bonchev–Trinajstić information content (AvgIpc) is 3.55. The van der Waals surface area contributed by atoms with Crippen LogP contribution in [0.2, 0.25) is 10.0 Å². The Morgan fingerprint density at radius 1 is 1.12 bits per heavy atom. The van der Waals surface area contributed by atoms with Gasteiger partial charge in [-0.15, -0.1) is 0 Å². The molecule has 9 nitrogen and oxygen atoms in total. The summed E-state index contributed by atoms with van der Waals surface area (Å²) in [6.07, 6.45) is 1.69. The van der Waals surface area contributed by atoms with E-state index in [9.17, 15) is 14.7 Å². The van der Waals surface area contributed by atoms with Gasteiger partial charge in [-0.1, -0.05) is 29.3 Å². The highest BCUT2D eigenvalue weighted by atomic mass is 35.5. The summed E-state index contributed by atoms with van der Waals surface area (Å²) in [6, 6.07) is 17.8. The second-order valence-corrected chi connectivity index (χ2v) is 10.0. The number of furan rings is 1. The molecule has 5 rings (SSSR count). The number of hydrogen-bond donors (Lipinski definition) is 3. The van der Waals surface area contributed by atoms with E-state index >= 15 is 0 Å². The van der Waals surface area contributed by atoms with Crippen LogP contribution in [0.1, 0.15) is 33.9 Å². The third kappa shape index (κ3) is 5.52. The molecule has 1 fully saturated rings. The Balaban J connectivity index is 1.56. The maximum atomic E-state index is 12.0. The van der Waals surface area contributed by atoms with Crippen molar-refractivity contribution >= 4 is 63.8 Å². The van der Waals surface area contributed by atoms with Crippen LogP contribution in [0.3, 0.4) is 0 Å². The first-order valence-corrected chi connectivity index (χ1v) is 13.1. The molecule has 2 aromatic heterocycles. The number of aromatic carboxylic acids is 1. The van der Waals surface area contributed by atoms with E-state index < -0.39 is 18.1 Å². The first-order chi connectivity index (χ1) is 19.3. The fourth-order valence-electron chi connectivity index (χ4n) is 4.50. The number of anilines is 2. The Labute approximate surface area is 244 Å². The van der Waals surface area contributed by atoms with Gasteiger partial charge in [-0.25, -0.2) is 4.79 Å². The van der Waals surface area contributed by atoms with Crippen molar-refractivity contribution in [2.45, 2.75) is 12.1 Å². The van der Waals surface area contributed by atoms with Crippen molar-refractivity contribution < 1.29 is 23.8 Å². The molecule has 0 aliphatic carbocycles. The number of ether oxygens (including phenoxy) is 1.